The fraction of sp³-hybridized carbons (Fsp3) is 0.333. The fourth-order valence-electron chi connectivity index (χ4n) is 4.09. The van der Waals surface area contributed by atoms with Gasteiger partial charge in [-0.05, 0) is 84.6 Å². The third-order valence-electron chi connectivity index (χ3n) is 6.31. The predicted molar refractivity (Wildman–Crippen MR) is 146 cm³/mol. The molecule has 190 valence electrons. The van der Waals surface area contributed by atoms with Crippen LogP contribution in [0.3, 0.4) is 0 Å². The summed E-state index contributed by atoms with van der Waals surface area (Å²) in [5.41, 5.74) is 7.26. The number of cyclic esters (lactones) is 1. The highest BCUT2D eigenvalue weighted by molar-refractivity contribution is 14.1. The summed E-state index contributed by atoms with van der Waals surface area (Å²) in [5.74, 6) is -0.581. The van der Waals surface area contributed by atoms with Crippen molar-refractivity contribution in [3.63, 3.8) is 0 Å². The molecule has 0 bridgehead atoms. The molecule has 3 heterocycles. The molecule has 3 rings (SSSR count). The number of esters is 3. The quantitative estimate of drug-likeness (QED) is 0.233. The first-order valence-corrected chi connectivity index (χ1v) is 12.5. The standard InChI is InChI=1S/C27H29IN2O6/c1-7-17-15(3)23(36-27(17)33)13-20-14(2)18(8-10-24(31)34-5)21(29-20)12-22-19(9-11-25(32)35-6)16(4)26(28)30-22/h7,12-13,29H,1,8-11H2,2-6H3/b22-12-,23-13-. The van der Waals surface area contributed by atoms with Gasteiger partial charge in [0, 0.05) is 35.9 Å². The van der Waals surface area contributed by atoms with Crippen molar-refractivity contribution in [2.75, 3.05) is 14.2 Å². The van der Waals surface area contributed by atoms with Crippen LogP contribution in [0.4, 0.5) is 0 Å². The second-order valence-corrected chi connectivity index (χ2v) is 9.41. The van der Waals surface area contributed by atoms with Crippen LogP contribution in [0.2, 0.25) is 0 Å². The van der Waals surface area contributed by atoms with Gasteiger partial charge in [-0.15, -0.1) is 0 Å². The van der Waals surface area contributed by atoms with Crippen LogP contribution in [0.25, 0.3) is 12.2 Å². The third-order valence-corrected chi connectivity index (χ3v) is 7.36. The molecule has 0 fully saturated rings. The fourth-order valence-corrected chi connectivity index (χ4v) is 4.68. The summed E-state index contributed by atoms with van der Waals surface area (Å²) in [6.45, 7) is 9.42. The molecule has 2 aliphatic heterocycles. The van der Waals surface area contributed by atoms with Crippen molar-refractivity contribution in [2.45, 2.75) is 46.5 Å². The predicted octanol–water partition coefficient (Wildman–Crippen LogP) is 5.29. The highest BCUT2D eigenvalue weighted by Crippen LogP contribution is 2.35. The van der Waals surface area contributed by atoms with E-state index in [0.717, 1.165) is 43.1 Å². The zero-order valence-corrected chi connectivity index (χ0v) is 23.2. The molecule has 0 atom stereocenters. The number of aromatic amines is 1. The molecule has 0 saturated carbocycles. The Morgan fingerprint density at radius 1 is 1.03 bits per heavy atom. The number of methoxy groups -OCH3 is 2. The second kappa shape index (κ2) is 11.7. The molecule has 1 aromatic heterocycles. The van der Waals surface area contributed by atoms with Crippen LogP contribution in [-0.2, 0) is 35.0 Å². The number of hydrogen-bond acceptors (Lipinski definition) is 7. The Morgan fingerprint density at radius 3 is 2.25 bits per heavy atom. The molecular weight excluding hydrogens is 575 g/mol. The van der Waals surface area contributed by atoms with Gasteiger partial charge in [-0.3, -0.25) is 9.59 Å². The summed E-state index contributed by atoms with van der Waals surface area (Å²) in [4.78, 5) is 43.9. The van der Waals surface area contributed by atoms with Crippen molar-refractivity contribution in [1.29, 1.82) is 0 Å². The first-order valence-electron chi connectivity index (χ1n) is 11.4. The van der Waals surface area contributed by atoms with Crippen molar-refractivity contribution in [1.82, 2.24) is 4.98 Å². The van der Waals surface area contributed by atoms with Crippen molar-refractivity contribution in [3.8, 4) is 0 Å². The number of nitrogens with one attached hydrogen (secondary N) is 1. The zero-order valence-electron chi connectivity index (χ0n) is 21.0. The number of nitrogens with zero attached hydrogens (tertiary/aromatic N) is 1. The SMILES string of the molecule is C=CC1=C(C)/C(=C/c2[nH]c(/C=C3\N=C(I)C(C)=C3CCC(=O)OC)c(CCC(=O)OC)c2C)OC1=O. The Balaban J connectivity index is 2.07. The number of halogens is 1. The Hall–Kier alpha value is -3.21. The summed E-state index contributed by atoms with van der Waals surface area (Å²) in [5, 5.41) is 0. The molecule has 9 heteroatoms. The van der Waals surface area contributed by atoms with Gasteiger partial charge in [-0.2, -0.15) is 0 Å². The van der Waals surface area contributed by atoms with Gasteiger partial charge < -0.3 is 19.2 Å². The molecule has 0 radical (unpaired) electrons. The van der Waals surface area contributed by atoms with E-state index in [1.54, 1.807) is 6.08 Å². The van der Waals surface area contributed by atoms with Crippen LogP contribution < -0.4 is 0 Å². The highest BCUT2D eigenvalue weighted by atomic mass is 127. The summed E-state index contributed by atoms with van der Waals surface area (Å²) in [6, 6.07) is 0. The molecule has 1 N–H and O–H groups in total. The Morgan fingerprint density at radius 2 is 1.67 bits per heavy atom. The van der Waals surface area contributed by atoms with E-state index in [4.69, 9.17) is 19.2 Å². The molecular formula is C27H29IN2O6. The van der Waals surface area contributed by atoms with Crippen molar-refractivity contribution >= 4 is 56.4 Å². The van der Waals surface area contributed by atoms with Crippen molar-refractivity contribution in [3.05, 3.63) is 68.9 Å². The van der Waals surface area contributed by atoms with Crippen LogP contribution in [0.15, 0.2) is 51.4 Å². The van der Waals surface area contributed by atoms with Crippen LogP contribution in [0.5, 0.6) is 0 Å². The molecule has 1 aromatic rings. The smallest absolute Gasteiger partial charge is 0.343 e. The Kier molecular flexibility index (Phi) is 8.89. The number of rotatable bonds is 9. The van der Waals surface area contributed by atoms with E-state index in [9.17, 15) is 14.4 Å². The minimum absolute atomic E-state index is 0.209. The van der Waals surface area contributed by atoms with E-state index in [1.807, 2.05) is 26.8 Å². The maximum absolute atomic E-state index is 12.1. The van der Waals surface area contributed by atoms with E-state index in [0.29, 0.717) is 29.7 Å². The van der Waals surface area contributed by atoms with Crippen LogP contribution in [0, 0.1) is 6.92 Å². The molecule has 0 aromatic carbocycles. The monoisotopic (exact) mass is 604 g/mol. The maximum Gasteiger partial charge on any atom is 0.343 e. The minimum Gasteiger partial charge on any atom is -0.469 e. The van der Waals surface area contributed by atoms with Gasteiger partial charge in [0.05, 0.1) is 25.5 Å². The largest absolute Gasteiger partial charge is 0.469 e. The van der Waals surface area contributed by atoms with Crippen LogP contribution in [-0.4, -0.2) is 40.8 Å². The second-order valence-electron chi connectivity index (χ2n) is 8.38. The lowest BCUT2D eigenvalue weighted by Gasteiger charge is -2.07. The molecule has 0 aliphatic carbocycles. The molecule has 0 amide bonds. The lowest BCUT2D eigenvalue weighted by Crippen LogP contribution is -2.03. The molecule has 0 unspecified atom stereocenters. The third kappa shape index (κ3) is 5.77. The molecule has 0 saturated heterocycles. The van der Waals surface area contributed by atoms with Gasteiger partial charge >= 0.3 is 17.9 Å². The van der Waals surface area contributed by atoms with Crippen LogP contribution in [0.1, 0.15) is 55.6 Å². The lowest BCUT2D eigenvalue weighted by molar-refractivity contribution is -0.141. The Bertz CT molecular complexity index is 1290. The maximum atomic E-state index is 12.1. The number of ether oxygens (including phenoxy) is 3. The molecule has 0 spiro atoms. The molecule has 2 aliphatic rings. The van der Waals surface area contributed by atoms with Gasteiger partial charge in [0.1, 0.15) is 9.48 Å². The van der Waals surface area contributed by atoms with Crippen LogP contribution >= 0.6 is 22.6 Å². The molecule has 8 nitrogen and oxygen atoms in total. The summed E-state index contributed by atoms with van der Waals surface area (Å²) < 4.78 is 15.9. The van der Waals surface area contributed by atoms with Crippen molar-refractivity contribution < 1.29 is 28.6 Å². The van der Waals surface area contributed by atoms with E-state index in [-0.39, 0.29) is 24.8 Å². The average molecular weight is 604 g/mol. The molecule has 36 heavy (non-hydrogen) atoms. The summed E-state index contributed by atoms with van der Waals surface area (Å²) in [6.07, 6.45) is 6.61. The van der Waals surface area contributed by atoms with Gasteiger partial charge in [-0.25, -0.2) is 9.79 Å². The lowest BCUT2D eigenvalue weighted by atomic mass is 10.00. The topological polar surface area (TPSA) is 107 Å². The van der Waals surface area contributed by atoms with Gasteiger partial charge in [-0.1, -0.05) is 12.7 Å². The van der Waals surface area contributed by atoms with Gasteiger partial charge in [0.2, 0.25) is 0 Å². The zero-order chi connectivity index (χ0) is 26.6. The highest BCUT2D eigenvalue weighted by Gasteiger charge is 2.26. The first-order chi connectivity index (χ1) is 17.1. The van der Waals surface area contributed by atoms with Gasteiger partial charge in [0.25, 0.3) is 0 Å². The van der Waals surface area contributed by atoms with E-state index in [2.05, 4.69) is 34.2 Å². The number of allylic oxidation sites excluding steroid dienone is 3. The first kappa shape index (κ1) is 27.4. The number of carbonyl (C=O) groups excluding carboxylic acids is 3. The van der Waals surface area contributed by atoms with E-state index in [1.165, 1.54) is 20.3 Å². The number of aliphatic imine (C=N–C) groups is 1. The minimum atomic E-state index is -0.433. The van der Waals surface area contributed by atoms with E-state index >= 15 is 0 Å². The number of carbonyl (C=O) groups is 3. The van der Waals surface area contributed by atoms with Crippen molar-refractivity contribution in [2.24, 2.45) is 4.99 Å². The normalized spacial score (nSPS) is 17.7. The number of H-pyrrole nitrogens is 1. The summed E-state index contributed by atoms with van der Waals surface area (Å²) in [7, 11) is 2.74. The number of aromatic nitrogens is 1. The average Bonchev–Trinajstić information content (AvgIpc) is 3.40. The Labute approximate surface area is 224 Å². The summed E-state index contributed by atoms with van der Waals surface area (Å²) >= 11 is 2.18. The van der Waals surface area contributed by atoms with Gasteiger partial charge in [0.15, 0.2) is 0 Å². The van der Waals surface area contributed by atoms with E-state index < -0.39 is 5.97 Å². The number of hydrogen-bond donors (Lipinski definition) is 1.